The van der Waals surface area contributed by atoms with Crippen LogP contribution < -0.4 is 5.46 Å². The summed E-state index contributed by atoms with van der Waals surface area (Å²) in [5.74, 6) is 0.866. The lowest BCUT2D eigenvalue weighted by Gasteiger charge is -2.15. The van der Waals surface area contributed by atoms with Crippen LogP contribution in [0.3, 0.4) is 0 Å². The molecule has 6 rings (SSSR count). The number of imidazole rings is 1. The van der Waals surface area contributed by atoms with Crippen LogP contribution in [0.4, 0.5) is 0 Å². The van der Waals surface area contributed by atoms with Crippen molar-refractivity contribution in [3.8, 4) is 28.2 Å². The minimum atomic E-state index is -1.54. The van der Waals surface area contributed by atoms with Gasteiger partial charge in [0.25, 0.3) is 0 Å². The fourth-order valence-corrected chi connectivity index (χ4v) is 4.75. The van der Waals surface area contributed by atoms with Gasteiger partial charge in [0, 0.05) is 11.3 Å². The zero-order valence-electron chi connectivity index (χ0n) is 18.3. The molecule has 6 aromatic rings. The molecule has 0 aliphatic rings. The molecular formula is C29H21BN2O2. The predicted octanol–water partition coefficient (Wildman–Crippen LogP) is 5.19. The average molecular weight is 440 g/mol. The topological polar surface area (TPSA) is 58.3 Å². The van der Waals surface area contributed by atoms with Gasteiger partial charge < -0.3 is 10.0 Å². The summed E-state index contributed by atoms with van der Waals surface area (Å²) in [6, 6.07) is 38.2. The Kier molecular flexibility index (Phi) is 4.99. The van der Waals surface area contributed by atoms with Crippen LogP contribution in [0, 0.1) is 0 Å². The molecule has 34 heavy (non-hydrogen) atoms. The lowest BCUT2D eigenvalue weighted by Crippen LogP contribution is -2.31. The first-order valence-corrected chi connectivity index (χ1v) is 11.2. The fourth-order valence-electron chi connectivity index (χ4n) is 4.75. The van der Waals surface area contributed by atoms with Crippen LogP contribution in [-0.2, 0) is 0 Å². The summed E-state index contributed by atoms with van der Waals surface area (Å²) in [6.07, 6.45) is 0. The Labute approximate surface area is 197 Å². The van der Waals surface area contributed by atoms with E-state index in [9.17, 15) is 10.0 Å². The van der Waals surface area contributed by atoms with E-state index in [2.05, 4.69) is 41.0 Å². The van der Waals surface area contributed by atoms with Gasteiger partial charge in [-0.1, -0.05) is 91.0 Å². The van der Waals surface area contributed by atoms with E-state index in [4.69, 9.17) is 4.98 Å². The third-order valence-electron chi connectivity index (χ3n) is 6.27. The molecule has 4 nitrogen and oxygen atoms in total. The number of benzene rings is 5. The normalized spacial score (nSPS) is 11.2. The third kappa shape index (κ3) is 3.30. The minimum Gasteiger partial charge on any atom is -0.423 e. The zero-order valence-corrected chi connectivity index (χ0v) is 18.3. The smallest absolute Gasteiger partial charge is 0.423 e. The van der Waals surface area contributed by atoms with Crippen molar-refractivity contribution in [1.82, 2.24) is 9.55 Å². The maximum atomic E-state index is 9.96. The maximum absolute atomic E-state index is 9.96. The van der Waals surface area contributed by atoms with Crippen molar-refractivity contribution in [2.75, 3.05) is 0 Å². The van der Waals surface area contributed by atoms with Gasteiger partial charge in [-0.15, -0.1) is 0 Å². The molecule has 0 atom stereocenters. The van der Waals surface area contributed by atoms with Gasteiger partial charge in [-0.05, 0) is 51.6 Å². The van der Waals surface area contributed by atoms with Crippen LogP contribution in [0.5, 0.6) is 0 Å². The highest BCUT2D eigenvalue weighted by Crippen LogP contribution is 2.36. The molecule has 0 spiro atoms. The summed E-state index contributed by atoms with van der Waals surface area (Å²) >= 11 is 0. The van der Waals surface area contributed by atoms with Crippen molar-refractivity contribution in [2.24, 2.45) is 0 Å². The molecule has 0 fully saturated rings. The van der Waals surface area contributed by atoms with Gasteiger partial charge >= 0.3 is 7.12 Å². The first kappa shape index (κ1) is 20.4. The molecule has 0 aliphatic heterocycles. The van der Waals surface area contributed by atoms with Gasteiger partial charge in [-0.25, -0.2) is 4.98 Å². The third-order valence-corrected chi connectivity index (χ3v) is 6.27. The highest BCUT2D eigenvalue weighted by atomic mass is 16.4. The molecule has 0 radical (unpaired) electrons. The van der Waals surface area contributed by atoms with Gasteiger partial charge in [0.2, 0.25) is 0 Å². The second-order valence-electron chi connectivity index (χ2n) is 8.26. The van der Waals surface area contributed by atoms with Crippen LogP contribution in [0.1, 0.15) is 0 Å². The first-order valence-electron chi connectivity index (χ1n) is 11.2. The second-order valence-corrected chi connectivity index (χ2v) is 8.26. The zero-order chi connectivity index (χ0) is 23.1. The molecule has 0 saturated heterocycles. The summed E-state index contributed by atoms with van der Waals surface area (Å²) in [4.78, 5) is 5.04. The molecule has 1 heterocycles. The Morgan fingerprint density at radius 2 is 1.18 bits per heavy atom. The van der Waals surface area contributed by atoms with Crippen molar-refractivity contribution in [3.63, 3.8) is 0 Å². The van der Waals surface area contributed by atoms with Gasteiger partial charge in [0.15, 0.2) is 0 Å². The molecule has 162 valence electrons. The summed E-state index contributed by atoms with van der Waals surface area (Å²) < 4.78 is 2.20. The number of fused-ring (bicyclic) bond motifs is 2. The standard InChI is InChI=1S/C29H21BN2O2/c33-30(34)26-17-5-4-12-24(26)22-14-8-15-23-21(22)13-9-16-25(23)29-31-27-18-6-7-19-28(27)32(29)20-10-2-1-3-11-20/h1-19,33-34H. The highest BCUT2D eigenvalue weighted by Gasteiger charge is 2.20. The molecule has 0 saturated carbocycles. The van der Waals surface area contributed by atoms with Crippen LogP contribution in [0.15, 0.2) is 115 Å². The van der Waals surface area contributed by atoms with E-state index in [1.165, 1.54) is 0 Å². The van der Waals surface area contributed by atoms with Crippen LogP contribution in [-0.4, -0.2) is 26.7 Å². The lowest BCUT2D eigenvalue weighted by molar-refractivity contribution is 0.426. The summed E-state index contributed by atoms with van der Waals surface area (Å²) in [6.45, 7) is 0. The molecule has 0 aliphatic carbocycles. The van der Waals surface area contributed by atoms with Crippen molar-refractivity contribution in [2.45, 2.75) is 0 Å². The van der Waals surface area contributed by atoms with Crippen LogP contribution >= 0.6 is 0 Å². The van der Waals surface area contributed by atoms with E-state index < -0.39 is 7.12 Å². The Morgan fingerprint density at radius 1 is 0.559 bits per heavy atom. The van der Waals surface area contributed by atoms with Crippen molar-refractivity contribution >= 4 is 34.4 Å². The van der Waals surface area contributed by atoms with E-state index in [0.717, 1.165) is 50.0 Å². The number of hydrogen-bond acceptors (Lipinski definition) is 3. The number of rotatable bonds is 4. The van der Waals surface area contributed by atoms with E-state index in [1.807, 2.05) is 72.8 Å². The van der Waals surface area contributed by atoms with E-state index in [0.29, 0.717) is 5.46 Å². The Bertz CT molecular complexity index is 1640. The lowest BCUT2D eigenvalue weighted by atomic mass is 9.75. The van der Waals surface area contributed by atoms with Crippen molar-refractivity contribution < 1.29 is 10.0 Å². The molecule has 1 aromatic heterocycles. The molecule has 0 unspecified atom stereocenters. The molecule has 5 aromatic carbocycles. The monoisotopic (exact) mass is 440 g/mol. The van der Waals surface area contributed by atoms with Gasteiger partial charge in [0.1, 0.15) is 5.82 Å². The van der Waals surface area contributed by atoms with Gasteiger partial charge in [0.05, 0.1) is 11.0 Å². The Balaban J connectivity index is 1.65. The summed E-state index contributed by atoms with van der Waals surface area (Å²) in [5, 5.41) is 22.0. The van der Waals surface area contributed by atoms with Crippen molar-refractivity contribution in [3.05, 3.63) is 115 Å². The number of nitrogens with zero attached hydrogens (tertiary/aromatic N) is 2. The maximum Gasteiger partial charge on any atom is 0.489 e. The Morgan fingerprint density at radius 3 is 1.97 bits per heavy atom. The Hall–Kier alpha value is -4.19. The summed E-state index contributed by atoms with van der Waals surface area (Å²) in [5.41, 5.74) is 6.28. The molecule has 0 amide bonds. The minimum absolute atomic E-state index is 0.483. The van der Waals surface area contributed by atoms with E-state index in [1.54, 1.807) is 6.07 Å². The van der Waals surface area contributed by atoms with E-state index >= 15 is 0 Å². The molecule has 5 heteroatoms. The number of para-hydroxylation sites is 3. The molecular weight excluding hydrogens is 419 g/mol. The fraction of sp³-hybridized carbons (Fsp3) is 0. The van der Waals surface area contributed by atoms with E-state index in [-0.39, 0.29) is 0 Å². The SMILES string of the molecule is OB(O)c1ccccc1-c1cccc2c(-c3nc4ccccc4n3-c3ccccc3)cccc12. The largest absolute Gasteiger partial charge is 0.489 e. The first-order chi connectivity index (χ1) is 16.7. The number of aromatic nitrogens is 2. The molecule has 2 N–H and O–H groups in total. The molecule has 0 bridgehead atoms. The predicted molar refractivity (Wildman–Crippen MR) is 139 cm³/mol. The quantitative estimate of drug-likeness (QED) is 0.371. The average Bonchev–Trinajstić information content (AvgIpc) is 3.28. The van der Waals surface area contributed by atoms with Crippen LogP contribution in [0.25, 0.3) is 50.0 Å². The highest BCUT2D eigenvalue weighted by molar-refractivity contribution is 6.60. The van der Waals surface area contributed by atoms with Crippen molar-refractivity contribution in [1.29, 1.82) is 0 Å². The summed E-state index contributed by atoms with van der Waals surface area (Å²) in [7, 11) is -1.54. The second kappa shape index (κ2) is 8.30. The number of hydrogen-bond donors (Lipinski definition) is 2. The van der Waals surface area contributed by atoms with Gasteiger partial charge in [-0.3, -0.25) is 4.57 Å². The van der Waals surface area contributed by atoms with Gasteiger partial charge in [-0.2, -0.15) is 0 Å². The van der Waals surface area contributed by atoms with Crippen LogP contribution in [0.2, 0.25) is 0 Å².